The van der Waals surface area contributed by atoms with E-state index in [2.05, 4.69) is 35.1 Å². The minimum Gasteiger partial charge on any atom is -0.453 e. The third-order valence-electron chi connectivity index (χ3n) is 11.9. The highest BCUT2D eigenvalue weighted by Crippen LogP contribution is 2.50. The summed E-state index contributed by atoms with van der Waals surface area (Å²) in [7, 11) is 2.40. The van der Waals surface area contributed by atoms with Gasteiger partial charge in [0, 0.05) is 23.4 Å². The fourth-order valence-electron chi connectivity index (χ4n) is 8.49. The van der Waals surface area contributed by atoms with Crippen molar-refractivity contribution in [3.8, 4) is 33.6 Å². The summed E-state index contributed by atoms with van der Waals surface area (Å²) >= 11 is 8.35. The van der Waals surface area contributed by atoms with E-state index in [1.807, 2.05) is 73.5 Å². The highest BCUT2D eigenvalue weighted by atomic mass is 35.5. The number of alkyl carbamates (subject to hydrolysis) is 2. The first-order valence-corrected chi connectivity index (χ1v) is 21.7. The lowest BCUT2D eigenvalue weighted by Gasteiger charge is -2.39. The van der Waals surface area contributed by atoms with E-state index >= 15 is 0 Å². The molecule has 4 N–H and O–H groups in total. The Labute approximate surface area is 361 Å². The maximum Gasteiger partial charge on any atom is 0.407 e. The quantitative estimate of drug-likeness (QED) is 0.101. The van der Waals surface area contributed by atoms with Crippen molar-refractivity contribution in [1.29, 1.82) is 0 Å². The van der Waals surface area contributed by atoms with Crippen molar-refractivity contribution in [2.45, 2.75) is 81.6 Å². The summed E-state index contributed by atoms with van der Waals surface area (Å²) in [5.41, 5.74) is 4.89. The number of fused-ring (bicyclic) bond motifs is 1. The number of H-pyrrole nitrogens is 2. The van der Waals surface area contributed by atoms with Crippen LogP contribution < -0.4 is 10.6 Å². The molecule has 4 aromatic rings. The second-order valence-electron chi connectivity index (χ2n) is 15.8. The molecule has 4 amide bonds. The van der Waals surface area contributed by atoms with Gasteiger partial charge in [0.1, 0.15) is 34.6 Å². The van der Waals surface area contributed by atoms with Crippen LogP contribution in [0.4, 0.5) is 18.4 Å². The molecule has 2 aromatic heterocycles. The van der Waals surface area contributed by atoms with Crippen molar-refractivity contribution < 1.29 is 42.2 Å². The number of aromatic nitrogens is 4. The first kappa shape index (κ1) is 43.9. The molecule has 61 heavy (non-hydrogen) atoms. The molecule has 0 spiro atoms. The molecule has 1 aliphatic carbocycles. The van der Waals surface area contributed by atoms with Crippen molar-refractivity contribution in [3.05, 3.63) is 71.5 Å². The number of benzene rings is 2. The fourth-order valence-corrected chi connectivity index (χ4v) is 9.43. The third kappa shape index (κ3) is 9.35. The number of aromatic amines is 2. The van der Waals surface area contributed by atoms with Gasteiger partial charge < -0.3 is 44.6 Å². The number of alkyl halides is 2. The van der Waals surface area contributed by atoms with Crippen LogP contribution in [0.1, 0.15) is 63.3 Å². The molecule has 0 radical (unpaired) electrons. The SMILES string of the molecule is COC(=O)NC(COC(F)F)C(=O)N1CC(SC)CC1c1ncc(-c2ccc(-c3ccc(-c4nc(C5CC6CCC6N5C(=O)C(NC(=O)OC)C(C)C)[nH]c4Cl)cc3)cc2)[nH]1. The van der Waals surface area contributed by atoms with Gasteiger partial charge in [0.25, 0.3) is 0 Å². The third-order valence-corrected chi connectivity index (χ3v) is 13.2. The summed E-state index contributed by atoms with van der Waals surface area (Å²) in [4.78, 5) is 71.3. The van der Waals surface area contributed by atoms with E-state index in [0.29, 0.717) is 41.4 Å². The number of likely N-dealkylation sites (tertiary alicyclic amines) is 2. The van der Waals surface area contributed by atoms with Gasteiger partial charge in [0.05, 0.1) is 44.8 Å². The Morgan fingerprint density at radius 2 is 1.51 bits per heavy atom. The molecule has 0 bridgehead atoms. The van der Waals surface area contributed by atoms with Crippen LogP contribution in [0, 0.1) is 11.8 Å². The van der Waals surface area contributed by atoms with E-state index in [1.54, 1.807) is 18.0 Å². The molecule has 1 saturated carbocycles. The molecule has 19 heteroatoms. The first-order chi connectivity index (χ1) is 29.3. The van der Waals surface area contributed by atoms with E-state index in [4.69, 9.17) is 21.3 Å². The van der Waals surface area contributed by atoms with Gasteiger partial charge in [-0.05, 0) is 60.5 Å². The topological polar surface area (TPSA) is 184 Å². The van der Waals surface area contributed by atoms with E-state index in [9.17, 15) is 28.0 Å². The second-order valence-corrected chi connectivity index (χ2v) is 17.3. The first-order valence-electron chi connectivity index (χ1n) is 20.1. The van der Waals surface area contributed by atoms with Crippen LogP contribution in [0.2, 0.25) is 5.15 Å². The van der Waals surface area contributed by atoms with Crippen molar-refractivity contribution in [2.24, 2.45) is 11.8 Å². The van der Waals surface area contributed by atoms with E-state index in [1.165, 1.54) is 12.0 Å². The standard InChI is InChI=1S/C42H49ClF2N8O7S/c1-21(2)33(50-42(57)59-4)39(55)53-30-15-14-26(30)16-32(53)37-49-34(35(43)51-37)25-12-8-23(9-13-25)22-6-10-24(11-7-22)28-18-46-36(47-28)31-17-27(61-5)19-52(31)38(54)29(20-60-40(44)45)48-41(56)58-3/h6-13,18,21,26-27,29-33,40H,14-17,19-20H2,1-5H3,(H,46,47)(H,48,56)(H,49,51)(H,50,57). The summed E-state index contributed by atoms with van der Waals surface area (Å²) in [5.74, 6) is 0.605. The smallest absolute Gasteiger partial charge is 0.407 e. The zero-order valence-corrected chi connectivity index (χ0v) is 35.9. The summed E-state index contributed by atoms with van der Waals surface area (Å²) in [6.07, 6.45) is 5.28. The second kappa shape index (κ2) is 18.8. The molecule has 7 atom stereocenters. The Hall–Kier alpha value is -5.20. The predicted molar refractivity (Wildman–Crippen MR) is 225 cm³/mol. The highest BCUT2D eigenvalue weighted by molar-refractivity contribution is 7.99. The van der Waals surface area contributed by atoms with Crippen LogP contribution in [-0.2, 0) is 23.8 Å². The molecule has 15 nitrogen and oxygen atoms in total. The minimum absolute atomic E-state index is 0.0540. The largest absolute Gasteiger partial charge is 0.453 e. The van der Waals surface area contributed by atoms with Crippen LogP contribution >= 0.6 is 23.4 Å². The summed E-state index contributed by atoms with van der Waals surface area (Å²) < 4.78 is 39.6. The number of nitrogens with zero attached hydrogens (tertiary/aromatic N) is 4. The van der Waals surface area contributed by atoms with Crippen molar-refractivity contribution in [2.75, 3.05) is 33.6 Å². The molecule has 3 aliphatic rings. The molecule has 3 fully saturated rings. The van der Waals surface area contributed by atoms with Gasteiger partial charge in [-0.15, -0.1) is 0 Å². The minimum atomic E-state index is -3.12. The number of carbonyl (C=O) groups is 4. The normalized spacial score (nSPS) is 21.8. The lowest BCUT2D eigenvalue weighted by atomic mass is 9.80. The molecule has 4 heterocycles. The van der Waals surface area contributed by atoms with Gasteiger partial charge in [-0.1, -0.05) is 74.0 Å². The summed E-state index contributed by atoms with van der Waals surface area (Å²) in [6, 6.07) is 12.9. The van der Waals surface area contributed by atoms with Gasteiger partial charge in [-0.2, -0.15) is 20.5 Å². The van der Waals surface area contributed by atoms with Crippen LogP contribution in [0.5, 0.6) is 0 Å². The number of hydrogen-bond acceptors (Lipinski definition) is 10. The van der Waals surface area contributed by atoms with Crippen molar-refractivity contribution in [3.63, 3.8) is 0 Å². The van der Waals surface area contributed by atoms with E-state index < -0.39 is 49.4 Å². The van der Waals surface area contributed by atoms with Gasteiger partial charge in [0.15, 0.2) is 0 Å². The summed E-state index contributed by atoms with van der Waals surface area (Å²) in [5, 5.41) is 5.47. The van der Waals surface area contributed by atoms with Gasteiger partial charge in [-0.25, -0.2) is 19.6 Å². The number of imidazole rings is 2. The van der Waals surface area contributed by atoms with Crippen LogP contribution in [0.25, 0.3) is 33.6 Å². The number of carbonyl (C=O) groups excluding carboxylic acids is 4. The number of rotatable bonds is 14. The number of halogens is 3. The summed E-state index contributed by atoms with van der Waals surface area (Å²) in [6.45, 7) is 0.264. The number of nitrogens with one attached hydrogen (secondary N) is 4. The molecule has 2 saturated heterocycles. The highest BCUT2D eigenvalue weighted by Gasteiger charge is 2.52. The molecule has 7 unspecified atom stereocenters. The van der Waals surface area contributed by atoms with Crippen molar-refractivity contribution >= 4 is 47.4 Å². The number of thioether (sulfide) groups is 1. The van der Waals surface area contributed by atoms with Crippen LogP contribution in [0.15, 0.2) is 54.7 Å². The van der Waals surface area contributed by atoms with Gasteiger partial charge in [0.2, 0.25) is 11.8 Å². The van der Waals surface area contributed by atoms with Crippen molar-refractivity contribution in [1.82, 2.24) is 40.4 Å². The number of amides is 4. The molecule has 326 valence electrons. The Bertz CT molecular complexity index is 2210. The average molecular weight is 883 g/mol. The molecule has 2 aliphatic heterocycles. The lowest BCUT2D eigenvalue weighted by Crippen LogP contribution is -2.54. The maximum absolute atomic E-state index is 14.0. The number of hydrogen-bond donors (Lipinski definition) is 4. The monoisotopic (exact) mass is 882 g/mol. The lowest BCUT2D eigenvalue weighted by molar-refractivity contribution is -0.150. The maximum atomic E-state index is 14.0. The van der Waals surface area contributed by atoms with Crippen LogP contribution in [-0.4, -0.2) is 117 Å². The molecular weight excluding hydrogens is 834 g/mol. The Kier molecular flexibility index (Phi) is 13.5. The zero-order valence-electron chi connectivity index (χ0n) is 34.3. The average Bonchev–Trinajstić information content (AvgIpc) is 4.05. The predicted octanol–water partition coefficient (Wildman–Crippen LogP) is 7.19. The Balaban J connectivity index is 1.04. The van der Waals surface area contributed by atoms with E-state index in [0.717, 1.165) is 54.3 Å². The molecule has 7 rings (SSSR count). The molecule has 2 aromatic carbocycles. The van der Waals surface area contributed by atoms with Crippen LogP contribution in [0.3, 0.4) is 0 Å². The number of methoxy groups -OCH3 is 2. The zero-order chi connectivity index (χ0) is 43.5. The number of ether oxygens (including phenoxy) is 3. The molecular formula is C42H49ClF2N8O7S. The Morgan fingerprint density at radius 3 is 2.10 bits per heavy atom. The van der Waals surface area contributed by atoms with E-state index in [-0.39, 0.29) is 29.2 Å². The fraction of sp³-hybridized carbons (Fsp3) is 0.476. The Morgan fingerprint density at radius 1 is 0.869 bits per heavy atom. The van der Waals surface area contributed by atoms with Gasteiger partial charge >= 0.3 is 18.8 Å². The van der Waals surface area contributed by atoms with Gasteiger partial charge in [-0.3, -0.25) is 9.59 Å².